The molecule has 20 heavy (non-hydrogen) atoms. The Hall–Kier alpha value is -1.59. The van der Waals surface area contributed by atoms with Crippen LogP contribution in [-0.2, 0) is 6.18 Å². The Morgan fingerprint density at radius 1 is 1.15 bits per heavy atom. The minimum Gasteiger partial charge on any atom is -0.334 e. The van der Waals surface area contributed by atoms with Gasteiger partial charge in [-0.25, -0.2) is 4.98 Å². The highest BCUT2D eigenvalue weighted by molar-refractivity contribution is 5.95. The van der Waals surface area contributed by atoms with E-state index in [0.717, 1.165) is 6.07 Å². The van der Waals surface area contributed by atoms with Gasteiger partial charge in [-0.3, -0.25) is 4.79 Å². The van der Waals surface area contributed by atoms with Gasteiger partial charge in [-0.2, -0.15) is 13.2 Å². The van der Waals surface area contributed by atoms with Crippen LogP contribution in [0.25, 0.3) is 0 Å². The second-order valence-corrected chi connectivity index (χ2v) is 5.23. The molecule has 1 heterocycles. The lowest BCUT2D eigenvalue weighted by Gasteiger charge is -2.31. The number of aryl methyl sites for hydroxylation is 1. The van der Waals surface area contributed by atoms with Crippen LogP contribution in [-0.4, -0.2) is 27.9 Å². The van der Waals surface area contributed by atoms with Gasteiger partial charge >= 0.3 is 6.18 Å². The van der Waals surface area contributed by atoms with Crippen LogP contribution in [0.3, 0.4) is 0 Å². The van der Waals surface area contributed by atoms with Crippen molar-refractivity contribution >= 4 is 5.91 Å². The maximum Gasteiger partial charge on any atom is 0.433 e. The first-order valence-corrected chi connectivity index (χ1v) is 6.43. The highest BCUT2D eigenvalue weighted by Gasteiger charge is 2.33. The summed E-state index contributed by atoms with van der Waals surface area (Å²) in [4.78, 5) is 17.5. The van der Waals surface area contributed by atoms with Crippen LogP contribution in [0.2, 0.25) is 0 Å². The predicted molar refractivity (Wildman–Crippen MR) is 70.4 cm³/mol. The third kappa shape index (κ3) is 3.49. The van der Waals surface area contributed by atoms with E-state index in [1.165, 1.54) is 13.0 Å². The van der Waals surface area contributed by atoms with Crippen molar-refractivity contribution in [2.45, 2.75) is 52.9 Å². The molecule has 1 rings (SSSR count). The summed E-state index contributed by atoms with van der Waals surface area (Å²) in [5.74, 6) is -0.297. The van der Waals surface area contributed by atoms with E-state index in [1.807, 2.05) is 27.7 Å². The molecule has 0 aliphatic rings. The molecule has 1 aromatic rings. The summed E-state index contributed by atoms with van der Waals surface area (Å²) in [6.45, 7) is 8.88. The van der Waals surface area contributed by atoms with Gasteiger partial charge in [0.1, 0.15) is 5.69 Å². The SMILES string of the molecule is Cc1nc(C(F)(F)F)ccc1C(=O)N(C(C)C)C(C)C. The number of pyridine rings is 1. The van der Waals surface area contributed by atoms with E-state index < -0.39 is 11.9 Å². The third-order valence-corrected chi connectivity index (χ3v) is 2.95. The summed E-state index contributed by atoms with van der Waals surface area (Å²) in [5.41, 5.74) is -0.677. The lowest BCUT2D eigenvalue weighted by molar-refractivity contribution is -0.141. The van der Waals surface area contributed by atoms with Gasteiger partial charge in [0.25, 0.3) is 5.91 Å². The van der Waals surface area contributed by atoms with Crippen LogP contribution in [0.5, 0.6) is 0 Å². The molecular formula is C14H19F3N2O. The summed E-state index contributed by atoms with van der Waals surface area (Å²) in [6, 6.07) is 1.97. The number of amides is 1. The number of aromatic nitrogens is 1. The molecule has 0 N–H and O–H groups in total. The molecule has 112 valence electrons. The molecule has 0 atom stereocenters. The largest absolute Gasteiger partial charge is 0.433 e. The average molecular weight is 288 g/mol. The van der Waals surface area contributed by atoms with E-state index in [9.17, 15) is 18.0 Å². The molecular weight excluding hydrogens is 269 g/mol. The van der Waals surface area contributed by atoms with Gasteiger partial charge in [0.05, 0.1) is 11.3 Å². The lowest BCUT2D eigenvalue weighted by Crippen LogP contribution is -2.42. The molecule has 0 saturated carbocycles. The molecule has 0 unspecified atom stereocenters. The molecule has 0 saturated heterocycles. The molecule has 1 aromatic heterocycles. The fourth-order valence-electron chi connectivity index (χ4n) is 2.15. The fraction of sp³-hybridized carbons (Fsp3) is 0.571. The van der Waals surface area contributed by atoms with Crippen molar-refractivity contribution in [3.8, 4) is 0 Å². The quantitative estimate of drug-likeness (QED) is 0.850. The zero-order valence-electron chi connectivity index (χ0n) is 12.2. The Labute approximate surface area is 116 Å². The van der Waals surface area contributed by atoms with Gasteiger partial charge in [-0.1, -0.05) is 0 Å². The van der Waals surface area contributed by atoms with E-state index in [1.54, 1.807) is 4.90 Å². The van der Waals surface area contributed by atoms with Crippen molar-refractivity contribution in [1.29, 1.82) is 0 Å². The number of halogens is 3. The molecule has 6 heteroatoms. The first kappa shape index (κ1) is 16.5. The Morgan fingerprint density at radius 2 is 1.65 bits per heavy atom. The number of hydrogen-bond donors (Lipinski definition) is 0. The van der Waals surface area contributed by atoms with Gasteiger partial charge in [0.2, 0.25) is 0 Å². The van der Waals surface area contributed by atoms with E-state index in [2.05, 4.69) is 4.98 Å². The normalized spacial score (nSPS) is 12.1. The summed E-state index contributed by atoms with van der Waals surface area (Å²) in [7, 11) is 0. The van der Waals surface area contributed by atoms with Gasteiger partial charge in [-0.05, 0) is 46.8 Å². The molecule has 0 aromatic carbocycles. The smallest absolute Gasteiger partial charge is 0.334 e. The Bertz CT molecular complexity index is 488. The fourth-order valence-corrected chi connectivity index (χ4v) is 2.15. The number of carbonyl (C=O) groups is 1. The molecule has 0 aliphatic carbocycles. The van der Waals surface area contributed by atoms with Gasteiger partial charge in [0, 0.05) is 12.1 Å². The van der Waals surface area contributed by atoms with Crippen LogP contribution in [0.4, 0.5) is 13.2 Å². The van der Waals surface area contributed by atoms with E-state index in [0.29, 0.717) is 0 Å². The summed E-state index contributed by atoms with van der Waals surface area (Å²) in [6.07, 6.45) is -4.50. The van der Waals surface area contributed by atoms with Crippen molar-refractivity contribution in [2.75, 3.05) is 0 Å². The molecule has 0 aliphatic heterocycles. The Kier molecular flexibility index (Phi) is 4.78. The summed E-state index contributed by atoms with van der Waals surface area (Å²) < 4.78 is 37.7. The van der Waals surface area contributed by atoms with Crippen LogP contribution >= 0.6 is 0 Å². The summed E-state index contributed by atoms with van der Waals surface area (Å²) in [5, 5.41) is 0. The monoisotopic (exact) mass is 288 g/mol. The van der Waals surface area contributed by atoms with E-state index in [4.69, 9.17) is 0 Å². The first-order chi connectivity index (χ1) is 9.05. The van der Waals surface area contributed by atoms with Crippen LogP contribution in [0.1, 0.15) is 49.4 Å². The second-order valence-electron chi connectivity index (χ2n) is 5.23. The third-order valence-electron chi connectivity index (χ3n) is 2.95. The molecule has 0 radical (unpaired) electrons. The van der Waals surface area contributed by atoms with E-state index in [-0.39, 0.29) is 29.2 Å². The van der Waals surface area contributed by atoms with Gasteiger partial charge in [-0.15, -0.1) is 0 Å². The first-order valence-electron chi connectivity index (χ1n) is 6.43. The minimum absolute atomic E-state index is 0.0378. The van der Waals surface area contributed by atoms with Crippen LogP contribution in [0.15, 0.2) is 12.1 Å². The van der Waals surface area contributed by atoms with Crippen molar-refractivity contribution in [1.82, 2.24) is 9.88 Å². The standard InChI is InChI=1S/C14H19F3N2O/c1-8(2)19(9(3)4)13(20)11-6-7-12(14(15,16)17)18-10(11)5/h6-9H,1-5H3. The number of hydrogen-bond acceptors (Lipinski definition) is 2. The number of rotatable bonds is 3. The number of carbonyl (C=O) groups excluding carboxylic acids is 1. The summed E-state index contributed by atoms with van der Waals surface area (Å²) >= 11 is 0. The van der Waals surface area contributed by atoms with Crippen molar-refractivity contribution < 1.29 is 18.0 Å². The number of alkyl halides is 3. The minimum atomic E-state index is -4.50. The van der Waals surface area contributed by atoms with Crippen LogP contribution in [0, 0.1) is 6.92 Å². The molecule has 1 amide bonds. The van der Waals surface area contributed by atoms with Crippen molar-refractivity contribution in [3.63, 3.8) is 0 Å². The topological polar surface area (TPSA) is 33.2 Å². The second kappa shape index (κ2) is 5.81. The molecule has 0 bridgehead atoms. The highest BCUT2D eigenvalue weighted by Crippen LogP contribution is 2.28. The average Bonchev–Trinajstić information content (AvgIpc) is 2.26. The maximum atomic E-state index is 12.6. The molecule has 0 spiro atoms. The van der Waals surface area contributed by atoms with Crippen LogP contribution < -0.4 is 0 Å². The molecule has 3 nitrogen and oxygen atoms in total. The zero-order chi connectivity index (χ0) is 15.7. The zero-order valence-corrected chi connectivity index (χ0v) is 12.2. The Morgan fingerprint density at radius 3 is 2.00 bits per heavy atom. The lowest BCUT2D eigenvalue weighted by atomic mass is 10.1. The maximum absolute atomic E-state index is 12.6. The molecule has 0 fully saturated rings. The van der Waals surface area contributed by atoms with E-state index >= 15 is 0 Å². The Balaban J connectivity index is 3.18. The highest BCUT2D eigenvalue weighted by atomic mass is 19.4. The van der Waals surface area contributed by atoms with Crippen molar-refractivity contribution in [2.24, 2.45) is 0 Å². The van der Waals surface area contributed by atoms with Gasteiger partial charge in [0.15, 0.2) is 0 Å². The van der Waals surface area contributed by atoms with Gasteiger partial charge < -0.3 is 4.90 Å². The predicted octanol–water partition coefficient (Wildman–Crippen LogP) is 3.67. The number of nitrogens with zero attached hydrogens (tertiary/aromatic N) is 2. The van der Waals surface area contributed by atoms with Crippen molar-refractivity contribution in [3.05, 3.63) is 29.1 Å².